The number of amides is 1. The smallest absolute Gasteiger partial charge is 0.410 e. The van der Waals surface area contributed by atoms with Gasteiger partial charge in [-0.1, -0.05) is 48.5 Å². The molecule has 1 saturated heterocycles. The Kier molecular flexibility index (Phi) is 5.79. The first-order chi connectivity index (χ1) is 14.6. The molecule has 1 N–H and O–H groups in total. The summed E-state index contributed by atoms with van der Waals surface area (Å²) in [5.74, 6) is -0.550. The summed E-state index contributed by atoms with van der Waals surface area (Å²) < 4.78 is 11.3. The first kappa shape index (κ1) is 19.7. The number of likely N-dealkylation sites (tertiary alicyclic amines) is 1. The molecule has 0 saturated carbocycles. The summed E-state index contributed by atoms with van der Waals surface area (Å²) in [4.78, 5) is 29.9. The minimum Gasteiger partial charge on any atom is -0.476 e. The van der Waals surface area contributed by atoms with E-state index in [2.05, 4.69) is 4.98 Å². The van der Waals surface area contributed by atoms with E-state index >= 15 is 0 Å². The van der Waals surface area contributed by atoms with Gasteiger partial charge in [-0.05, 0) is 30.5 Å². The van der Waals surface area contributed by atoms with Crippen molar-refractivity contribution in [3.8, 4) is 11.5 Å². The number of aromatic nitrogens is 1. The molecule has 0 unspecified atom stereocenters. The van der Waals surface area contributed by atoms with E-state index in [1.165, 1.54) is 0 Å². The topological polar surface area (TPSA) is 92.9 Å². The third-order valence-corrected chi connectivity index (χ3v) is 5.21. The van der Waals surface area contributed by atoms with Crippen molar-refractivity contribution in [1.29, 1.82) is 0 Å². The van der Waals surface area contributed by atoms with E-state index in [1.807, 2.05) is 60.7 Å². The first-order valence-electron chi connectivity index (χ1n) is 9.87. The number of nitrogens with zero attached hydrogens (tertiary/aromatic N) is 2. The van der Waals surface area contributed by atoms with Gasteiger partial charge in [0, 0.05) is 24.6 Å². The highest BCUT2D eigenvalue weighted by Crippen LogP contribution is 2.34. The summed E-state index contributed by atoms with van der Waals surface area (Å²) in [6.07, 6.45) is 0.812. The molecule has 0 radical (unpaired) electrons. The number of carbonyl (C=O) groups is 2. The van der Waals surface area contributed by atoms with Crippen molar-refractivity contribution in [1.82, 2.24) is 9.88 Å². The van der Waals surface area contributed by atoms with Crippen LogP contribution in [0.3, 0.4) is 0 Å². The van der Waals surface area contributed by atoms with Crippen LogP contribution in [0.1, 0.15) is 40.6 Å². The molecule has 0 spiro atoms. The Balaban J connectivity index is 1.40. The number of rotatable bonds is 5. The molecule has 1 amide bonds. The third kappa shape index (κ3) is 4.35. The van der Waals surface area contributed by atoms with Gasteiger partial charge in [0.25, 0.3) is 0 Å². The Morgan fingerprint density at radius 2 is 1.67 bits per heavy atom. The molecule has 30 heavy (non-hydrogen) atoms. The van der Waals surface area contributed by atoms with Gasteiger partial charge in [0.05, 0.1) is 0 Å². The third-order valence-electron chi connectivity index (χ3n) is 5.21. The summed E-state index contributed by atoms with van der Waals surface area (Å²) in [6, 6.07) is 18.7. The number of hydrogen-bond donors (Lipinski definition) is 1. The molecular weight excluding hydrogens is 384 g/mol. The molecule has 2 heterocycles. The highest BCUT2D eigenvalue weighted by atomic mass is 16.6. The summed E-state index contributed by atoms with van der Waals surface area (Å²) in [6.45, 7) is 1.17. The highest BCUT2D eigenvalue weighted by Gasteiger charge is 2.31. The fourth-order valence-electron chi connectivity index (χ4n) is 3.60. The van der Waals surface area contributed by atoms with E-state index in [4.69, 9.17) is 9.15 Å². The highest BCUT2D eigenvalue weighted by molar-refractivity contribution is 5.87. The van der Waals surface area contributed by atoms with Crippen LogP contribution in [0.5, 0.6) is 0 Å². The van der Waals surface area contributed by atoms with Gasteiger partial charge in [-0.15, -0.1) is 0 Å². The normalized spacial score (nSPS) is 14.5. The number of benzene rings is 2. The summed E-state index contributed by atoms with van der Waals surface area (Å²) in [5.41, 5.74) is 1.61. The van der Waals surface area contributed by atoms with Crippen molar-refractivity contribution < 1.29 is 23.8 Å². The van der Waals surface area contributed by atoms with Crippen LogP contribution in [0.15, 0.2) is 65.1 Å². The number of carboxylic acid groups (broad SMARTS) is 1. The van der Waals surface area contributed by atoms with E-state index in [1.54, 1.807) is 4.90 Å². The van der Waals surface area contributed by atoms with Crippen LogP contribution in [-0.2, 0) is 11.3 Å². The van der Waals surface area contributed by atoms with Gasteiger partial charge in [-0.25, -0.2) is 14.6 Å². The second-order valence-corrected chi connectivity index (χ2v) is 7.20. The fourth-order valence-corrected chi connectivity index (χ4v) is 3.60. The zero-order valence-electron chi connectivity index (χ0n) is 16.4. The summed E-state index contributed by atoms with van der Waals surface area (Å²) in [7, 11) is 0. The number of aromatic carboxylic acids is 1. The standard InChI is InChI=1S/C23H22N2O5/c26-22(27)19-20(30-21(24-19)18-9-5-2-6-10-18)17-11-13-25(14-12-17)23(28)29-15-16-7-3-1-4-8-16/h1-10,17H,11-15H2,(H,26,27). The molecule has 154 valence electrons. The second kappa shape index (κ2) is 8.82. The van der Waals surface area contributed by atoms with Crippen LogP contribution >= 0.6 is 0 Å². The maximum absolute atomic E-state index is 12.4. The number of carbonyl (C=O) groups excluding carboxylic acids is 1. The molecule has 3 aromatic rings. The van der Waals surface area contributed by atoms with Crippen LogP contribution in [0.2, 0.25) is 0 Å². The van der Waals surface area contributed by atoms with Crippen molar-refractivity contribution in [2.24, 2.45) is 0 Å². The summed E-state index contributed by atoms with van der Waals surface area (Å²) in [5, 5.41) is 9.57. The average Bonchev–Trinajstić information content (AvgIpc) is 3.25. The number of carboxylic acids is 1. The molecule has 0 aliphatic carbocycles. The number of ether oxygens (including phenoxy) is 1. The molecule has 1 aromatic heterocycles. The molecule has 0 bridgehead atoms. The van der Waals surface area contributed by atoms with Crippen LogP contribution in [-0.4, -0.2) is 40.1 Å². The second-order valence-electron chi connectivity index (χ2n) is 7.20. The monoisotopic (exact) mass is 406 g/mol. The lowest BCUT2D eigenvalue weighted by Crippen LogP contribution is -2.38. The van der Waals surface area contributed by atoms with Crippen LogP contribution in [0, 0.1) is 0 Å². The molecule has 4 rings (SSSR count). The molecule has 7 heteroatoms. The van der Waals surface area contributed by atoms with E-state index in [0.29, 0.717) is 37.6 Å². The lowest BCUT2D eigenvalue weighted by molar-refractivity contribution is 0.0682. The van der Waals surface area contributed by atoms with Crippen molar-refractivity contribution >= 4 is 12.1 Å². The van der Waals surface area contributed by atoms with Gasteiger partial charge in [0.1, 0.15) is 12.4 Å². The van der Waals surface area contributed by atoms with Crippen molar-refractivity contribution in [2.75, 3.05) is 13.1 Å². The zero-order chi connectivity index (χ0) is 20.9. The zero-order valence-corrected chi connectivity index (χ0v) is 16.4. The maximum atomic E-state index is 12.4. The fraction of sp³-hybridized carbons (Fsp3) is 0.261. The first-order valence-corrected chi connectivity index (χ1v) is 9.87. The van der Waals surface area contributed by atoms with E-state index in [9.17, 15) is 14.7 Å². The van der Waals surface area contributed by atoms with Crippen molar-refractivity contribution in [3.63, 3.8) is 0 Å². The molecule has 0 atom stereocenters. The van der Waals surface area contributed by atoms with Gasteiger partial charge in [0.15, 0.2) is 5.69 Å². The number of piperidine rings is 1. The lowest BCUT2D eigenvalue weighted by Gasteiger charge is -2.30. The molecule has 7 nitrogen and oxygen atoms in total. The molecule has 2 aromatic carbocycles. The van der Waals surface area contributed by atoms with Crippen LogP contribution < -0.4 is 0 Å². The predicted molar refractivity (Wildman–Crippen MR) is 109 cm³/mol. The van der Waals surface area contributed by atoms with Crippen molar-refractivity contribution in [2.45, 2.75) is 25.4 Å². The molecule has 1 aliphatic heterocycles. The van der Waals surface area contributed by atoms with Gasteiger partial charge in [-0.3, -0.25) is 0 Å². The van der Waals surface area contributed by atoms with Crippen LogP contribution in [0.4, 0.5) is 4.79 Å². The number of hydrogen-bond acceptors (Lipinski definition) is 5. The molecular formula is C23H22N2O5. The lowest BCUT2D eigenvalue weighted by atomic mass is 9.93. The Hall–Kier alpha value is -3.61. The number of oxazole rings is 1. The Morgan fingerprint density at radius 3 is 2.30 bits per heavy atom. The van der Waals surface area contributed by atoms with Gasteiger partial charge in [-0.2, -0.15) is 0 Å². The largest absolute Gasteiger partial charge is 0.476 e. The summed E-state index contributed by atoms with van der Waals surface area (Å²) >= 11 is 0. The van der Waals surface area contributed by atoms with Gasteiger partial charge in [0.2, 0.25) is 5.89 Å². The quantitative estimate of drug-likeness (QED) is 0.668. The minimum atomic E-state index is -1.11. The SMILES string of the molecule is O=C(O)c1nc(-c2ccccc2)oc1C1CCN(C(=O)OCc2ccccc2)CC1. The van der Waals surface area contributed by atoms with E-state index in [0.717, 1.165) is 11.1 Å². The van der Waals surface area contributed by atoms with E-state index < -0.39 is 5.97 Å². The molecule has 1 fully saturated rings. The Labute approximate surface area is 173 Å². The van der Waals surface area contributed by atoms with Crippen molar-refractivity contribution in [3.05, 3.63) is 77.7 Å². The van der Waals surface area contributed by atoms with Gasteiger partial charge >= 0.3 is 12.1 Å². The predicted octanol–water partition coefficient (Wildman–Crippen LogP) is 4.56. The van der Waals surface area contributed by atoms with Gasteiger partial charge < -0.3 is 19.2 Å². The van der Waals surface area contributed by atoms with Crippen LogP contribution in [0.25, 0.3) is 11.5 Å². The maximum Gasteiger partial charge on any atom is 0.410 e. The average molecular weight is 406 g/mol. The Bertz CT molecular complexity index is 1010. The Morgan fingerprint density at radius 1 is 1.03 bits per heavy atom. The minimum absolute atomic E-state index is 0.0565. The van der Waals surface area contributed by atoms with E-state index in [-0.39, 0.29) is 24.3 Å². The molecule has 1 aliphatic rings.